The van der Waals surface area contributed by atoms with Crippen LogP contribution in [0.5, 0.6) is 0 Å². The number of aromatic nitrogens is 1. The van der Waals surface area contributed by atoms with E-state index in [0.717, 1.165) is 22.8 Å². The molecule has 1 aliphatic heterocycles. The van der Waals surface area contributed by atoms with Gasteiger partial charge in [-0.05, 0) is 37.6 Å². The lowest BCUT2D eigenvalue weighted by Crippen LogP contribution is -2.29. The van der Waals surface area contributed by atoms with Gasteiger partial charge in [-0.3, -0.25) is 4.90 Å². The van der Waals surface area contributed by atoms with Crippen molar-refractivity contribution in [2.24, 2.45) is 10.9 Å². The van der Waals surface area contributed by atoms with Gasteiger partial charge in [-0.25, -0.2) is 4.98 Å². The second-order valence-electron chi connectivity index (χ2n) is 7.12. The lowest BCUT2D eigenvalue weighted by molar-refractivity contribution is 0.128. The first-order chi connectivity index (χ1) is 12.6. The van der Waals surface area contributed by atoms with Gasteiger partial charge in [0.25, 0.3) is 0 Å². The zero-order valence-corrected chi connectivity index (χ0v) is 16.5. The lowest BCUT2D eigenvalue weighted by Gasteiger charge is -2.26. The fraction of sp³-hybridized carbons (Fsp3) is 0.500. The van der Waals surface area contributed by atoms with Crippen molar-refractivity contribution in [3.05, 3.63) is 51.5 Å². The highest BCUT2D eigenvalue weighted by atomic mass is 32.1. The highest BCUT2D eigenvalue weighted by Gasteiger charge is 2.11. The minimum Gasteiger partial charge on any atom is -0.388 e. The summed E-state index contributed by atoms with van der Waals surface area (Å²) in [6, 6.07) is 8.26. The molecule has 0 amide bonds. The number of rotatable bonds is 7. The van der Waals surface area contributed by atoms with Crippen LogP contribution in [-0.2, 0) is 18.0 Å². The Labute approximate surface area is 159 Å². The molecule has 3 rings (SSSR count). The standard InChI is InChI=1S/C20H28N4OS/c1-15(2)20-22-18(14-26-20)13-25-23-19(21)17-8-6-7-16(11-17)12-24-9-4-3-5-10-24/h6-8,11,14-15H,3-5,9-10,12-13H2,1-2H3,(H2,21,23). The van der Waals surface area contributed by atoms with Crippen LogP contribution < -0.4 is 5.73 Å². The van der Waals surface area contributed by atoms with E-state index in [0.29, 0.717) is 18.4 Å². The van der Waals surface area contributed by atoms with Crippen molar-refractivity contribution in [3.8, 4) is 0 Å². The molecule has 2 heterocycles. The zero-order valence-electron chi connectivity index (χ0n) is 15.6. The maximum Gasteiger partial charge on any atom is 0.170 e. The monoisotopic (exact) mass is 372 g/mol. The molecule has 5 nitrogen and oxygen atoms in total. The molecule has 26 heavy (non-hydrogen) atoms. The van der Waals surface area contributed by atoms with Crippen LogP contribution in [0, 0.1) is 0 Å². The summed E-state index contributed by atoms with van der Waals surface area (Å²) in [4.78, 5) is 12.5. The number of thiazole rings is 1. The summed E-state index contributed by atoms with van der Waals surface area (Å²) < 4.78 is 0. The third-order valence-corrected chi connectivity index (χ3v) is 5.71. The van der Waals surface area contributed by atoms with Gasteiger partial charge in [0.1, 0.15) is 0 Å². The molecule has 1 aromatic carbocycles. The lowest BCUT2D eigenvalue weighted by atomic mass is 10.1. The number of hydrogen-bond acceptors (Lipinski definition) is 5. The van der Waals surface area contributed by atoms with Crippen LogP contribution in [-0.4, -0.2) is 28.8 Å². The highest BCUT2D eigenvalue weighted by molar-refractivity contribution is 7.09. The van der Waals surface area contributed by atoms with Gasteiger partial charge in [-0.15, -0.1) is 11.3 Å². The molecule has 0 bridgehead atoms. The maximum atomic E-state index is 6.11. The van der Waals surface area contributed by atoms with E-state index in [-0.39, 0.29) is 0 Å². The second-order valence-corrected chi connectivity index (χ2v) is 8.01. The molecule has 6 heteroatoms. The van der Waals surface area contributed by atoms with E-state index in [4.69, 9.17) is 10.6 Å². The van der Waals surface area contributed by atoms with Gasteiger partial charge in [0.15, 0.2) is 12.4 Å². The van der Waals surface area contributed by atoms with Crippen molar-refractivity contribution >= 4 is 17.2 Å². The van der Waals surface area contributed by atoms with Crippen molar-refractivity contribution in [3.63, 3.8) is 0 Å². The maximum absolute atomic E-state index is 6.11. The van der Waals surface area contributed by atoms with Crippen molar-refractivity contribution in [2.45, 2.75) is 52.2 Å². The number of oxime groups is 1. The third kappa shape index (κ3) is 5.29. The van der Waals surface area contributed by atoms with E-state index in [1.54, 1.807) is 11.3 Å². The predicted molar refractivity (Wildman–Crippen MR) is 107 cm³/mol. The number of hydrogen-bond donors (Lipinski definition) is 1. The van der Waals surface area contributed by atoms with E-state index in [1.807, 2.05) is 17.5 Å². The Balaban J connectivity index is 1.56. The van der Waals surface area contributed by atoms with Crippen molar-refractivity contribution in [1.29, 1.82) is 0 Å². The molecule has 0 unspecified atom stereocenters. The van der Waals surface area contributed by atoms with Crippen LogP contribution in [0.2, 0.25) is 0 Å². The van der Waals surface area contributed by atoms with Crippen LogP contribution in [0.25, 0.3) is 0 Å². The first kappa shape index (κ1) is 18.9. The van der Waals surface area contributed by atoms with E-state index in [9.17, 15) is 0 Å². The molecular weight excluding hydrogens is 344 g/mol. The van der Waals surface area contributed by atoms with Gasteiger partial charge in [0, 0.05) is 23.4 Å². The number of likely N-dealkylation sites (tertiary alicyclic amines) is 1. The summed E-state index contributed by atoms with van der Waals surface area (Å²) in [5, 5.41) is 7.21. The Kier molecular flexibility index (Phi) is 6.63. The predicted octanol–water partition coefficient (Wildman–Crippen LogP) is 4.09. The molecule has 0 aliphatic carbocycles. The number of nitrogens with two attached hydrogens (primary N) is 1. The van der Waals surface area contributed by atoms with E-state index >= 15 is 0 Å². The number of amidine groups is 1. The van der Waals surface area contributed by atoms with E-state index in [2.05, 4.69) is 41.0 Å². The molecule has 1 saturated heterocycles. The summed E-state index contributed by atoms with van der Waals surface area (Å²) in [7, 11) is 0. The van der Waals surface area contributed by atoms with Crippen LogP contribution in [0.15, 0.2) is 34.8 Å². The molecule has 2 N–H and O–H groups in total. The Hall–Kier alpha value is -1.92. The SMILES string of the molecule is CC(C)c1nc(CO/N=C(/N)c2cccc(CN3CCCCC3)c2)cs1. The Morgan fingerprint density at radius 1 is 1.31 bits per heavy atom. The normalized spacial score (nSPS) is 16.2. The van der Waals surface area contributed by atoms with E-state index in [1.165, 1.54) is 37.9 Å². The van der Waals surface area contributed by atoms with Gasteiger partial charge in [0.2, 0.25) is 0 Å². The minimum atomic E-state index is 0.345. The molecule has 0 saturated carbocycles. The molecule has 1 fully saturated rings. The van der Waals surface area contributed by atoms with E-state index < -0.39 is 0 Å². The zero-order chi connectivity index (χ0) is 18.4. The molecule has 2 aromatic rings. The molecule has 140 valence electrons. The molecule has 1 aliphatic rings. The number of benzene rings is 1. The Morgan fingerprint density at radius 3 is 2.85 bits per heavy atom. The van der Waals surface area contributed by atoms with Gasteiger partial charge >= 0.3 is 0 Å². The number of piperidine rings is 1. The topological polar surface area (TPSA) is 63.7 Å². The third-order valence-electron chi connectivity index (χ3n) is 4.52. The van der Waals surface area contributed by atoms with Crippen LogP contribution >= 0.6 is 11.3 Å². The van der Waals surface area contributed by atoms with Crippen LogP contribution in [0.3, 0.4) is 0 Å². The molecule has 0 spiro atoms. The second kappa shape index (κ2) is 9.14. The highest BCUT2D eigenvalue weighted by Crippen LogP contribution is 2.19. The molecule has 0 radical (unpaired) electrons. The quantitative estimate of drug-likeness (QED) is 0.452. The van der Waals surface area contributed by atoms with Crippen molar-refractivity contribution in [2.75, 3.05) is 13.1 Å². The van der Waals surface area contributed by atoms with Gasteiger partial charge < -0.3 is 10.6 Å². The van der Waals surface area contributed by atoms with Gasteiger partial charge in [0.05, 0.1) is 10.7 Å². The summed E-state index contributed by atoms with van der Waals surface area (Å²) in [5.74, 6) is 0.842. The Morgan fingerprint density at radius 2 is 2.12 bits per heavy atom. The molecular formula is C20H28N4OS. The summed E-state index contributed by atoms with van der Waals surface area (Å²) in [6.45, 7) is 7.95. The molecule has 1 aromatic heterocycles. The van der Waals surface area contributed by atoms with Gasteiger partial charge in [-0.1, -0.05) is 43.6 Å². The largest absolute Gasteiger partial charge is 0.388 e. The summed E-state index contributed by atoms with van der Waals surface area (Å²) in [5.41, 5.74) is 9.18. The average Bonchev–Trinajstić information content (AvgIpc) is 3.12. The van der Waals surface area contributed by atoms with Crippen LogP contribution in [0.1, 0.15) is 60.9 Å². The van der Waals surface area contributed by atoms with Gasteiger partial charge in [-0.2, -0.15) is 0 Å². The van der Waals surface area contributed by atoms with Crippen LogP contribution in [0.4, 0.5) is 0 Å². The first-order valence-corrected chi connectivity index (χ1v) is 10.2. The average molecular weight is 373 g/mol. The smallest absolute Gasteiger partial charge is 0.170 e. The Bertz CT molecular complexity index is 735. The fourth-order valence-electron chi connectivity index (χ4n) is 3.08. The summed E-state index contributed by atoms with van der Waals surface area (Å²) in [6.07, 6.45) is 3.95. The first-order valence-electron chi connectivity index (χ1n) is 9.33. The fourth-order valence-corrected chi connectivity index (χ4v) is 3.90. The summed E-state index contributed by atoms with van der Waals surface area (Å²) >= 11 is 1.66. The number of nitrogens with zero attached hydrogens (tertiary/aromatic N) is 3. The van der Waals surface area contributed by atoms with Crippen molar-refractivity contribution in [1.82, 2.24) is 9.88 Å². The minimum absolute atomic E-state index is 0.345. The molecule has 0 atom stereocenters. The van der Waals surface area contributed by atoms with Crippen molar-refractivity contribution < 1.29 is 4.84 Å².